The van der Waals surface area contributed by atoms with Gasteiger partial charge in [0.05, 0.1) is 0 Å². The SMILES string of the molecule is CC(=O)NCc1ccc(C(=O)NCCN2CCN(Cc3ccccc3)CC2)cc1. The van der Waals surface area contributed by atoms with Gasteiger partial charge in [0.15, 0.2) is 0 Å². The van der Waals surface area contributed by atoms with Crippen LogP contribution in [0.3, 0.4) is 0 Å². The van der Waals surface area contributed by atoms with Crippen LogP contribution in [-0.2, 0) is 17.9 Å². The lowest BCUT2D eigenvalue weighted by Crippen LogP contribution is -2.48. The van der Waals surface area contributed by atoms with Crippen molar-refractivity contribution >= 4 is 11.8 Å². The number of nitrogens with one attached hydrogen (secondary N) is 2. The molecule has 1 heterocycles. The van der Waals surface area contributed by atoms with Crippen LogP contribution in [0, 0.1) is 0 Å². The minimum absolute atomic E-state index is 0.0567. The van der Waals surface area contributed by atoms with E-state index in [2.05, 4.69) is 50.8 Å². The number of nitrogens with zero attached hydrogens (tertiary/aromatic N) is 2. The van der Waals surface area contributed by atoms with Crippen molar-refractivity contribution in [2.24, 2.45) is 0 Å². The zero-order valence-electron chi connectivity index (χ0n) is 17.1. The molecule has 1 fully saturated rings. The van der Waals surface area contributed by atoms with Crippen molar-refractivity contribution in [1.82, 2.24) is 20.4 Å². The van der Waals surface area contributed by atoms with Crippen molar-refractivity contribution in [2.75, 3.05) is 39.3 Å². The van der Waals surface area contributed by atoms with Gasteiger partial charge < -0.3 is 10.6 Å². The van der Waals surface area contributed by atoms with Crippen LogP contribution in [0.4, 0.5) is 0 Å². The molecule has 2 N–H and O–H groups in total. The van der Waals surface area contributed by atoms with Crippen LogP contribution in [0.1, 0.15) is 28.4 Å². The Hall–Kier alpha value is -2.70. The maximum atomic E-state index is 12.3. The molecule has 1 aliphatic heterocycles. The van der Waals surface area contributed by atoms with E-state index in [-0.39, 0.29) is 11.8 Å². The largest absolute Gasteiger partial charge is 0.352 e. The van der Waals surface area contributed by atoms with Gasteiger partial charge in [0.2, 0.25) is 5.91 Å². The van der Waals surface area contributed by atoms with E-state index in [1.165, 1.54) is 12.5 Å². The second kappa shape index (κ2) is 10.7. The number of benzene rings is 2. The number of rotatable bonds is 8. The molecule has 6 nitrogen and oxygen atoms in total. The van der Waals surface area contributed by atoms with Gasteiger partial charge in [-0.15, -0.1) is 0 Å². The maximum absolute atomic E-state index is 12.3. The van der Waals surface area contributed by atoms with E-state index in [9.17, 15) is 9.59 Å². The van der Waals surface area contributed by atoms with Gasteiger partial charge in [0, 0.05) is 64.8 Å². The first kappa shape index (κ1) is 21.0. The molecule has 0 radical (unpaired) electrons. The van der Waals surface area contributed by atoms with E-state index < -0.39 is 0 Å². The Kier molecular flexibility index (Phi) is 7.78. The molecule has 0 atom stereocenters. The number of carbonyl (C=O) groups excluding carboxylic acids is 2. The first-order chi connectivity index (χ1) is 14.1. The average molecular weight is 395 g/mol. The van der Waals surface area contributed by atoms with E-state index in [1.54, 1.807) is 12.1 Å². The van der Waals surface area contributed by atoms with E-state index in [0.29, 0.717) is 18.7 Å². The van der Waals surface area contributed by atoms with Crippen LogP contribution in [-0.4, -0.2) is 60.9 Å². The minimum atomic E-state index is -0.0623. The van der Waals surface area contributed by atoms with Gasteiger partial charge in [-0.05, 0) is 23.3 Å². The summed E-state index contributed by atoms with van der Waals surface area (Å²) >= 11 is 0. The molecule has 1 saturated heterocycles. The van der Waals surface area contributed by atoms with Crippen molar-refractivity contribution in [3.63, 3.8) is 0 Å². The lowest BCUT2D eigenvalue weighted by Gasteiger charge is -2.34. The van der Waals surface area contributed by atoms with E-state index in [4.69, 9.17) is 0 Å². The van der Waals surface area contributed by atoms with Crippen molar-refractivity contribution < 1.29 is 9.59 Å². The molecule has 0 bridgehead atoms. The molecule has 3 rings (SSSR count). The van der Waals surface area contributed by atoms with Crippen LogP contribution in [0.2, 0.25) is 0 Å². The summed E-state index contributed by atoms with van der Waals surface area (Å²) < 4.78 is 0. The topological polar surface area (TPSA) is 64.7 Å². The monoisotopic (exact) mass is 394 g/mol. The Morgan fingerprint density at radius 2 is 1.48 bits per heavy atom. The zero-order chi connectivity index (χ0) is 20.5. The first-order valence-electron chi connectivity index (χ1n) is 10.2. The summed E-state index contributed by atoms with van der Waals surface area (Å²) in [5.41, 5.74) is 2.98. The molecule has 0 aliphatic carbocycles. The normalized spacial score (nSPS) is 15.1. The number of hydrogen-bond donors (Lipinski definition) is 2. The predicted octanol–water partition coefficient (Wildman–Crippen LogP) is 1.87. The molecule has 0 unspecified atom stereocenters. The average Bonchev–Trinajstić information content (AvgIpc) is 2.74. The molecule has 29 heavy (non-hydrogen) atoms. The van der Waals surface area contributed by atoms with Crippen LogP contribution in [0.15, 0.2) is 54.6 Å². The quantitative estimate of drug-likeness (QED) is 0.718. The molecular weight excluding hydrogens is 364 g/mol. The number of amides is 2. The third-order valence-electron chi connectivity index (χ3n) is 5.19. The summed E-state index contributed by atoms with van der Waals surface area (Å²) in [7, 11) is 0. The highest BCUT2D eigenvalue weighted by Crippen LogP contribution is 2.08. The number of hydrogen-bond acceptors (Lipinski definition) is 4. The highest BCUT2D eigenvalue weighted by Gasteiger charge is 2.16. The zero-order valence-corrected chi connectivity index (χ0v) is 17.1. The molecular formula is C23H30N4O2. The summed E-state index contributed by atoms with van der Waals surface area (Å²) in [6.45, 7) is 8.65. The second-order valence-electron chi connectivity index (χ2n) is 7.47. The standard InChI is InChI=1S/C23H30N4O2/c1-19(28)25-17-20-7-9-22(10-8-20)23(29)24-11-12-26-13-15-27(16-14-26)18-21-5-3-2-4-6-21/h2-10H,11-18H2,1H3,(H,24,29)(H,25,28). The fourth-order valence-electron chi connectivity index (χ4n) is 3.44. The van der Waals surface area contributed by atoms with Gasteiger partial charge >= 0.3 is 0 Å². The highest BCUT2D eigenvalue weighted by atomic mass is 16.2. The Labute approximate surface area is 172 Å². The van der Waals surface area contributed by atoms with E-state index in [1.807, 2.05) is 12.1 Å². The van der Waals surface area contributed by atoms with Gasteiger partial charge in [-0.1, -0.05) is 42.5 Å². The minimum Gasteiger partial charge on any atom is -0.352 e. The maximum Gasteiger partial charge on any atom is 0.251 e. The molecule has 1 aliphatic rings. The summed E-state index contributed by atoms with van der Waals surface area (Å²) in [6.07, 6.45) is 0. The predicted molar refractivity (Wildman–Crippen MR) is 114 cm³/mol. The fourth-order valence-corrected chi connectivity index (χ4v) is 3.44. The fraction of sp³-hybridized carbons (Fsp3) is 0.391. The third-order valence-corrected chi connectivity index (χ3v) is 5.19. The second-order valence-corrected chi connectivity index (χ2v) is 7.47. The Balaban J connectivity index is 1.34. The van der Waals surface area contributed by atoms with Gasteiger partial charge in [-0.25, -0.2) is 0 Å². The molecule has 6 heteroatoms. The lowest BCUT2D eigenvalue weighted by molar-refractivity contribution is -0.119. The van der Waals surface area contributed by atoms with E-state index in [0.717, 1.165) is 44.8 Å². The summed E-state index contributed by atoms with van der Waals surface area (Å²) in [4.78, 5) is 28.2. The highest BCUT2D eigenvalue weighted by molar-refractivity contribution is 5.94. The van der Waals surface area contributed by atoms with Crippen LogP contribution in [0.25, 0.3) is 0 Å². The smallest absolute Gasteiger partial charge is 0.251 e. The third kappa shape index (κ3) is 7.00. The van der Waals surface area contributed by atoms with E-state index >= 15 is 0 Å². The Morgan fingerprint density at radius 1 is 0.828 bits per heavy atom. The summed E-state index contributed by atoms with van der Waals surface area (Å²) in [6, 6.07) is 17.9. The summed E-state index contributed by atoms with van der Waals surface area (Å²) in [5.74, 6) is -0.119. The van der Waals surface area contributed by atoms with Crippen molar-refractivity contribution in [2.45, 2.75) is 20.0 Å². The Bertz CT molecular complexity index is 784. The number of piperazine rings is 1. The number of carbonyl (C=O) groups is 2. The Morgan fingerprint density at radius 3 is 2.14 bits per heavy atom. The van der Waals surface area contributed by atoms with Crippen LogP contribution in [0.5, 0.6) is 0 Å². The van der Waals surface area contributed by atoms with Crippen molar-refractivity contribution in [1.29, 1.82) is 0 Å². The van der Waals surface area contributed by atoms with Gasteiger partial charge in [0.25, 0.3) is 5.91 Å². The molecule has 2 aromatic carbocycles. The molecule has 2 amide bonds. The lowest BCUT2D eigenvalue weighted by atomic mass is 10.1. The first-order valence-corrected chi connectivity index (χ1v) is 10.2. The molecule has 2 aromatic rings. The van der Waals surface area contributed by atoms with Gasteiger partial charge in [-0.3, -0.25) is 19.4 Å². The van der Waals surface area contributed by atoms with Gasteiger partial charge in [0.1, 0.15) is 0 Å². The molecule has 154 valence electrons. The molecule has 0 saturated carbocycles. The summed E-state index contributed by atoms with van der Waals surface area (Å²) in [5, 5.41) is 5.75. The van der Waals surface area contributed by atoms with Crippen LogP contribution >= 0.6 is 0 Å². The van der Waals surface area contributed by atoms with Crippen molar-refractivity contribution in [3.05, 3.63) is 71.3 Å². The molecule has 0 aromatic heterocycles. The molecule has 0 spiro atoms. The van der Waals surface area contributed by atoms with Gasteiger partial charge in [-0.2, -0.15) is 0 Å². The van der Waals surface area contributed by atoms with Crippen molar-refractivity contribution in [3.8, 4) is 0 Å². The van der Waals surface area contributed by atoms with Crippen LogP contribution < -0.4 is 10.6 Å².